The van der Waals surface area contributed by atoms with Gasteiger partial charge in [0.25, 0.3) is 0 Å². The lowest BCUT2D eigenvalue weighted by atomic mass is 9.98. The van der Waals surface area contributed by atoms with Gasteiger partial charge in [-0.05, 0) is 37.8 Å². The summed E-state index contributed by atoms with van der Waals surface area (Å²) >= 11 is 0. The standard InChI is InChI=1S/C15H15N3O3/c1-15(9-16,10-6-7-10)17-13(19)8-18-11-4-2-3-5-12(11)21-14(18)20/h2-5,10H,6-8H2,1H3,(H,17,19)/t15-/m0/s1. The third-order valence-electron chi connectivity index (χ3n) is 3.90. The highest BCUT2D eigenvalue weighted by atomic mass is 16.4. The minimum atomic E-state index is -0.861. The number of carbonyl (C=O) groups excluding carboxylic acids is 1. The van der Waals surface area contributed by atoms with E-state index < -0.39 is 11.3 Å². The van der Waals surface area contributed by atoms with Crippen molar-refractivity contribution in [2.24, 2.45) is 5.92 Å². The Labute approximate surface area is 121 Å². The summed E-state index contributed by atoms with van der Waals surface area (Å²) in [5.41, 5.74) is 0.156. The Bertz CT molecular complexity index is 794. The molecule has 1 fully saturated rings. The van der Waals surface area contributed by atoms with Crippen LogP contribution in [0.3, 0.4) is 0 Å². The molecule has 1 saturated carbocycles. The Kier molecular flexibility index (Phi) is 3.05. The SMILES string of the molecule is C[C@@](C#N)(NC(=O)Cn1c(=O)oc2ccccc21)C1CC1. The highest BCUT2D eigenvalue weighted by Gasteiger charge is 2.43. The molecule has 0 saturated heterocycles. The van der Waals surface area contributed by atoms with Gasteiger partial charge in [0.2, 0.25) is 5.91 Å². The molecule has 1 aliphatic carbocycles. The topological polar surface area (TPSA) is 88.0 Å². The minimum absolute atomic E-state index is 0.153. The fourth-order valence-corrected chi connectivity index (χ4v) is 2.52. The number of nitriles is 1. The molecular formula is C15H15N3O3. The van der Waals surface area contributed by atoms with Gasteiger partial charge in [0.1, 0.15) is 12.1 Å². The Balaban J connectivity index is 1.82. The summed E-state index contributed by atoms with van der Waals surface area (Å²) in [6.07, 6.45) is 1.89. The van der Waals surface area contributed by atoms with E-state index in [1.165, 1.54) is 4.57 Å². The Hall–Kier alpha value is -2.55. The van der Waals surface area contributed by atoms with Crippen molar-refractivity contribution in [2.45, 2.75) is 31.8 Å². The summed E-state index contributed by atoms with van der Waals surface area (Å²) in [4.78, 5) is 24.0. The number of rotatable bonds is 4. The smallest absolute Gasteiger partial charge is 0.408 e. The van der Waals surface area contributed by atoms with E-state index in [-0.39, 0.29) is 18.4 Å². The zero-order chi connectivity index (χ0) is 15.0. The van der Waals surface area contributed by atoms with Gasteiger partial charge in [0, 0.05) is 0 Å². The second-order valence-corrected chi connectivity index (χ2v) is 5.56. The number of hydrogen-bond donors (Lipinski definition) is 1. The molecule has 0 unspecified atom stereocenters. The molecule has 0 radical (unpaired) electrons. The van der Waals surface area contributed by atoms with Gasteiger partial charge in [0.15, 0.2) is 5.58 Å². The van der Waals surface area contributed by atoms with Crippen molar-refractivity contribution < 1.29 is 9.21 Å². The normalized spacial score (nSPS) is 17.1. The molecule has 1 N–H and O–H groups in total. The molecule has 1 atom stereocenters. The lowest BCUT2D eigenvalue weighted by molar-refractivity contribution is -0.123. The predicted molar refractivity (Wildman–Crippen MR) is 75.4 cm³/mol. The molecule has 0 spiro atoms. The number of fused-ring (bicyclic) bond motifs is 1. The first-order chi connectivity index (χ1) is 10.0. The van der Waals surface area contributed by atoms with Crippen molar-refractivity contribution >= 4 is 17.0 Å². The second kappa shape index (κ2) is 4.77. The molecule has 1 aromatic heterocycles. The van der Waals surface area contributed by atoms with Crippen LogP contribution in [0, 0.1) is 17.2 Å². The molecule has 0 aliphatic heterocycles. The Morgan fingerprint density at radius 3 is 2.90 bits per heavy atom. The molecule has 6 heteroatoms. The van der Waals surface area contributed by atoms with E-state index in [0.29, 0.717) is 11.1 Å². The number of para-hydroxylation sites is 2. The first-order valence-electron chi connectivity index (χ1n) is 6.84. The maximum atomic E-state index is 12.1. The number of hydrogen-bond acceptors (Lipinski definition) is 4. The zero-order valence-electron chi connectivity index (χ0n) is 11.6. The molecule has 3 rings (SSSR count). The van der Waals surface area contributed by atoms with Crippen molar-refractivity contribution in [1.29, 1.82) is 5.26 Å². The molecular weight excluding hydrogens is 270 g/mol. The van der Waals surface area contributed by atoms with Crippen LogP contribution in [0.2, 0.25) is 0 Å². The zero-order valence-corrected chi connectivity index (χ0v) is 11.6. The third kappa shape index (κ3) is 2.42. The van der Waals surface area contributed by atoms with Crippen molar-refractivity contribution in [2.75, 3.05) is 0 Å². The first-order valence-corrected chi connectivity index (χ1v) is 6.84. The summed E-state index contributed by atoms with van der Waals surface area (Å²) in [5, 5.41) is 12.0. The van der Waals surface area contributed by atoms with Crippen LogP contribution in [-0.4, -0.2) is 16.0 Å². The van der Waals surface area contributed by atoms with E-state index in [0.717, 1.165) is 12.8 Å². The molecule has 1 aliphatic rings. The second-order valence-electron chi connectivity index (χ2n) is 5.56. The van der Waals surface area contributed by atoms with Gasteiger partial charge in [-0.1, -0.05) is 12.1 Å². The molecule has 2 aromatic rings. The third-order valence-corrected chi connectivity index (χ3v) is 3.90. The van der Waals surface area contributed by atoms with Crippen LogP contribution in [0.5, 0.6) is 0 Å². The maximum Gasteiger partial charge on any atom is 0.420 e. The largest absolute Gasteiger partial charge is 0.420 e. The van der Waals surface area contributed by atoms with Crippen molar-refractivity contribution in [3.8, 4) is 6.07 Å². The number of nitrogens with one attached hydrogen (secondary N) is 1. The van der Waals surface area contributed by atoms with Gasteiger partial charge in [-0.15, -0.1) is 0 Å². The number of benzene rings is 1. The van der Waals surface area contributed by atoms with Crippen molar-refractivity contribution in [3.05, 3.63) is 34.8 Å². The van der Waals surface area contributed by atoms with Crippen molar-refractivity contribution in [1.82, 2.24) is 9.88 Å². The molecule has 21 heavy (non-hydrogen) atoms. The van der Waals surface area contributed by atoms with Crippen LogP contribution in [0.1, 0.15) is 19.8 Å². The Morgan fingerprint density at radius 2 is 2.24 bits per heavy atom. The number of nitrogens with zero attached hydrogens (tertiary/aromatic N) is 2. The number of carbonyl (C=O) groups is 1. The van der Waals surface area contributed by atoms with E-state index >= 15 is 0 Å². The Morgan fingerprint density at radius 1 is 1.52 bits per heavy atom. The summed E-state index contributed by atoms with van der Waals surface area (Å²) in [6.45, 7) is 1.57. The predicted octanol–water partition coefficient (Wildman–Crippen LogP) is 1.40. The monoisotopic (exact) mass is 285 g/mol. The summed E-state index contributed by atoms with van der Waals surface area (Å²) in [7, 11) is 0. The van der Waals surface area contributed by atoms with E-state index in [2.05, 4.69) is 11.4 Å². The van der Waals surface area contributed by atoms with Crippen molar-refractivity contribution in [3.63, 3.8) is 0 Å². The van der Waals surface area contributed by atoms with Gasteiger partial charge in [0.05, 0.1) is 11.6 Å². The van der Waals surface area contributed by atoms with Gasteiger partial charge >= 0.3 is 5.76 Å². The van der Waals surface area contributed by atoms with E-state index in [1.54, 1.807) is 31.2 Å². The fraction of sp³-hybridized carbons (Fsp3) is 0.400. The summed E-state index contributed by atoms with van der Waals surface area (Å²) in [5.74, 6) is -0.736. The van der Waals surface area contributed by atoms with E-state index in [1.807, 2.05) is 0 Å². The van der Waals surface area contributed by atoms with Crippen LogP contribution in [0.25, 0.3) is 11.1 Å². The number of amides is 1. The average Bonchev–Trinajstić information content (AvgIpc) is 3.26. The lowest BCUT2D eigenvalue weighted by Gasteiger charge is -2.22. The fourth-order valence-electron chi connectivity index (χ4n) is 2.52. The molecule has 1 aromatic carbocycles. The van der Waals surface area contributed by atoms with Gasteiger partial charge in [-0.2, -0.15) is 5.26 Å². The minimum Gasteiger partial charge on any atom is -0.408 e. The summed E-state index contributed by atoms with van der Waals surface area (Å²) < 4.78 is 6.35. The van der Waals surface area contributed by atoms with Crippen LogP contribution in [-0.2, 0) is 11.3 Å². The van der Waals surface area contributed by atoms with E-state index in [9.17, 15) is 14.9 Å². The van der Waals surface area contributed by atoms with E-state index in [4.69, 9.17) is 4.42 Å². The number of oxazole rings is 1. The first kappa shape index (κ1) is 13.4. The lowest BCUT2D eigenvalue weighted by Crippen LogP contribution is -2.48. The highest BCUT2D eigenvalue weighted by Crippen LogP contribution is 2.39. The summed E-state index contributed by atoms with van der Waals surface area (Å²) in [6, 6.07) is 9.09. The van der Waals surface area contributed by atoms with Gasteiger partial charge in [-0.25, -0.2) is 4.79 Å². The molecule has 1 amide bonds. The number of aromatic nitrogens is 1. The van der Waals surface area contributed by atoms with Gasteiger partial charge < -0.3 is 9.73 Å². The average molecular weight is 285 g/mol. The molecule has 0 bridgehead atoms. The molecule has 6 nitrogen and oxygen atoms in total. The van der Waals surface area contributed by atoms with Crippen LogP contribution >= 0.6 is 0 Å². The van der Waals surface area contributed by atoms with Crippen LogP contribution < -0.4 is 11.1 Å². The maximum absolute atomic E-state index is 12.1. The highest BCUT2D eigenvalue weighted by molar-refractivity contribution is 5.80. The van der Waals surface area contributed by atoms with Crippen LogP contribution in [0.15, 0.2) is 33.5 Å². The van der Waals surface area contributed by atoms with Crippen LogP contribution in [0.4, 0.5) is 0 Å². The quantitative estimate of drug-likeness (QED) is 0.919. The molecule has 1 heterocycles. The van der Waals surface area contributed by atoms with Gasteiger partial charge in [-0.3, -0.25) is 9.36 Å². The molecule has 108 valence electrons.